The molecule has 1 aromatic rings. The molecule has 2 aliphatic rings. The van der Waals surface area contributed by atoms with Crippen LogP contribution in [-0.4, -0.2) is 24.6 Å². The maximum absolute atomic E-state index is 5.21. The number of ether oxygens (including phenoxy) is 1. The number of nitrogens with zero attached hydrogens (tertiary/aromatic N) is 1. The minimum absolute atomic E-state index is 0.806. The zero-order valence-electron chi connectivity index (χ0n) is 11.1. The van der Waals surface area contributed by atoms with E-state index in [-0.39, 0.29) is 0 Å². The van der Waals surface area contributed by atoms with Crippen molar-refractivity contribution >= 4 is 5.57 Å². The predicted octanol–water partition coefficient (Wildman–Crippen LogP) is 3.68. The van der Waals surface area contributed by atoms with Gasteiger partial charge in [0, 0.05) is 18.8 Å². The van der Waals surface area contributed by atoms with Gasteiger partial charge in [0.1, 0.15) is 5.75 Å². The first-order valence-corrected chi connectivity index (χ1v) is 6.98. The van der Waals surface area contributed by atoms with Crippen molar-refractivity contribution < 1.29 is 4.74 Å². The summed E-state index contributed by atoms with van der Waals surface area (Å²) in [6, 6.07) is 9.27. The van der Waals surface area contributed by atoms with Crippen LogP contribution in [0.5, 0.6) is 5.75 Å². The second kappa shape index (κ2) is 5.05. The van der Waals surface area contributed by atoms with Crippen molar-refractivity contribution in [1.82, 2.24) is 4.90 Å². The Labute approximate surface area is 109 Å². The Hall–Kier alpha value is -1.44. The standard InChI is InChI=1S/C16H21NO/c1-18-16-9-6-13(7-10-16)14-5-8-15-4-2-3-11-17(15)12-14/h6-7,9-10,12,15H,2-5,8,11H2,1H3/t15-/m0/s1. The zero-order chi connectivity index (χ0) is 12.4. The summed E-state index contributed by atoms with van der Waals surface area (Å²) < 4.78 is 5.21. The van der Waals surface area contributed by atoms with Crippen molar-refractivity contribution in [3.8, 4) is 5.75 Å². The van der Waals surface area contributed by atoms with Gasteiger partial charge in [0.25, 0.3) is 0 Å². The molecule has 0 saturated carbocycles. The summed E-state index contributed by atoms with van der Waals surface area (Å²) in [4.78, 5) is 2.56. The Morgan fingerprint density at radius 2 is 1.94 bits per heavy atom. The van der Waals surface area contributed by atoms with Crippen LogP contribution in [-0.2, 0) is 0 Å². The van der Waals surface area contributed by atoms with Crippen molar-refractivity contribution in [1.29, 1.82) is 0 Å². The smallest absolute Gasteiger partial charge is 0.118 e. The van der Waals surface area contributed by atoms with Gasteiger partial charge in [-0.3, -0.25) is 0 Å². The summed E-state index contributed by atoms with van der Waals surface area (Å²) in [5.74, 6) is 0.936. The number of fused-ring (bicyclic) bond motifs is 1. The maximum Gasteiger partial charge on any atom is 0.118 e. The van der Waals surface area contributed by atoms with Crippen LogP contribution >= 0.6 is 0 Å². The molecule has 1 saturated heterocycles. The Kier molecular flexibility index (Phi) is 3.26. The lowest BCUT2D eigenvalue weighted by atomic mass is 9.90. The molecule has 2 aliphatic heterocycles. The van der Waals surface area contributed by atoms with Gasteiger partial charge in [0.15, 0.2) is 0 Å². The quantitative estimate of drug-likeness (QED) is 0.785. The van der Waals surface area contributed by atoms with Gasteiger partial charge in [-0.25, -0.2) is 0 Å². The molecular formula is C16H21NO. The van der Waals surface area contributed by atoms with E-state index in [0.29, 0.717) is 0 Å². The highest BCUT2D eigenvalue weighted by molar-refractivity contribution is 5.66. The second-order valence-electron chi connectivity index (χ2n) is 5.31. The summed E-state index contributed by atoms with van der Waals surface area (Å²) >= 11 is 0. The summed E-state index contributed by atoms with van der Waals surface area (Å²) in [6.45, 7) is 1.24. The molecule has 3 rings (SSSR count). The molecule has 0 aromatic heterocycles. The van der Waals surface area contributed by atoms with Gasteiger partial charge in [-0.05, 0) is 55.4 Å². The number of methoxy groups -OCH3 is 1. The SMILES string of the molecule is COc1ccc(C2=CN3CCCC[C@H]3CC2)cc1. The van der Waals surface area contributed by atoms with Crippen LogP contribution in [0.1, 0.15) is 37.7 Å². The average molecular weight is 243 g/mol. The number of hydrogen-bond acceptors (Lipinski definition) is 2. The van der Waals surface area contributed by atoms with Crippen LogP contribution in [0.3, 0.4) is 0 Å². The van der Waals surface area contributed by atoms with E-state index in [1.165, 1.54) is 49.8 Å². The molecule has 2 heteroatoms. The molecule has 1 atom stereocenters. The first-order valence-electron chi connectivity index (χ1n) is 6.98. The van der Waals surface area contributed by atoms with Gasteiger partial charge in [0.05, 0.1) is 7.11 Å². The largest absolute Gasteiger partial charge is 0.497 e. The van der Waals surface area contributed by atoms with Crippen molar-refractivity contribution in [2.45, 2.75) is 38.1 Å². The lowest BCUT2D eigenvalue weighted by Crippen LogP contribution is -2.37. The molecule has 0 unspecified atom stereocenters. The van der Waals surface area contributed by atoms with Crippen LogP contribution in [0.2, 0.25) is 0 Å². The van der Waals surface area contributed by atoms with Gasteiger partial charge in [-0.15, -0.1) is 0 Å². The van der Waals surface area contributed by atoms with Crippen LogP contribution in [0.15, 0.2) is 30.5 Å². The van der Waals surface area contributed by atoms with Crippen LogP contribution in [0.4, 0.5) is 0 Å². The van der Waals surface area contributed by atoms with Gasteiger partial charge in [-0.2, -0.15) is 0 Å². The second-order valence-corrected chi connectivity index (χ2v) is 5.31. The number of piperidine rings is 1. The van der Waals surface area contributed by atoms with E-state index >= 15 is 0 Å². The van der Waals surface area contributed by atoms with Gasteiger partial charge < -0.3 is 9.64 Å². The van der Waals surface area contributed by atoms with Gasteiger partial charge in [-0.1, -0.05) is 12.1 Å². The molecule has 0 bridgehead atoms. The number of benzene rings is 1. The van der Waals surface area contributed by atoms with Gasteiger partial charge >= 0.3 is 0 Å². The van der Waals surface area contributed by atoms with E-state index in [1.54, 1.807) is 7.11 Å². The molecule has 0 radical (unpaired) electrons. The Morgan fingerprint density at radius 3 is 2.72 bits per heavy atom. The number of rotatable bonds is 2. The van der Waals surface area contributed by atoms with E-state index in [2.05, 4.69) is 35.4 Å². The zero-order valence-corrected chi connectivity index (χ0v) is 11.1. The highest BCUT2D eigenvalue weighted by Crippen LogP contribution is 2.33. The highest BCUT2D eigenvalue weighted by atomic mass is 16.5. The Morgan fingerprint density at radius 1 is 1.11 bits per heavy atom. The number of allylic oxidation sites excluding steroid dienone is 1. The third-order valence-corrected chi connectivity index (χ3v) is 4.20. The monoisotopic (exact) mass is 243 g/mol. The molecule has 0 amide bonds. The topological polar surface area (TPSA) is 12.5 Å². The molecule has 2 nitrogen and oxygen atoms in total. The van der Waals surface area contributed by atoms with Crippen molar-refractivity contribution in [3.63, 3.8) is 0 Å². The fraction of sp³-hybridized carbons (Fsp3) is 0.500. The van der Waals surface area contributed by atoms with Crippen molar-refractivity contribution in [3.05, 3.63) is 36.0 Å². The summed E-state index contributed by atoms with van der Waals surface area (Å²) in [7, 11) is 1.72. The summed E-state index contributed by atoms with van der Waals surface area (Å²) in [6.07, 6.45) is 9.07. The Balaban J connectivity index is 1.80. The molecule has 0 N–H and O–H groups in total. The molecule has 1 fully saturated rings. The number of hydrogen-bond donors (Lipinski definition) is 0. The van der Waals surface area contributed by atoms with Gasteiger partial charge in [0.2, 0.25) is 0 Å². The van der Waals surface area contributed by atoms with E-state index in [0.717, 1.165) is 11.8 Å². The molecular weight excluding hydrogens is 222 g/mol. The average Bonchev–Trinajstić information content (AvgIpc) is 2.47. The van der Waals surface area contributed by atoms with Crippen molar-refractivity contribution in [2.24, 2.45) is 0 Å². The normalized spacial score (nSPS) is 23.3. The lowest BCUT2D eigenvalue weighted by molar-refractivity contribution is 0.196. The minimum atomic E-state index is 0.806. The van der Waals surface area contributed by atoms with Crippen LogP contribution in [0.25, 0.3) is 5.57 Å². The lowest BCUT2D eigenvalue weighted by Gasteiger charge is -2.39. The highest BCUT2D eigenvalue weighted by Gasteiger charge is 2.24. The summed E-state index contributed by atoms with van der Waals surface area (Å²) in [5, 5.41) is 0. The maximum atomic E-state index is 5.21. The minimum Gasteiger partial charge on any atom is -0.497 e. The van der Waals surface area contributed by atoms with E-state index in [1.807, 2.05) is 0 Å². The van der Waals surface area contributed by atoms with Crippen LogP contribution < -0.4 is 4.74 Å². The van der Waals surface area contributed by atoms with Crippen molar-refractivity contribution in [2.75, 3.05) is 13.7 Å². The first-order chi connectivity index (χ1) is 8.86. The van der Waals surface area contributed by atoms with E-state index in [9.17, 15) is 0 Å². The van der Waals surface area contributed by atoms with E-state index in [4.69, 9.17) is 4.74 Å². The first kappa shape index (κ1) is 11.6. The van der Waals surface area contributed by atoms with Crippen LogP contribution in [0, 0.1) is 0 Å². The molecule has 1 aromatic carbocycles. The molecule has 96 valence electrons. The predicted molar refractivity (Wildman–Crippen MR) is 74.6 cm³/mol. The molecule has 0 spiro atoms. The fourth-order valence-electron chi connectivity index (χ4n) is 3.11. The Bertz CT molecular complexity index is 435. The third-order valence-electron chi connectivity index (χ3n) is 4.20. The molecule has 0 aliphatic carbocycles. The third kappa shape index (κ3) is 2.24. The summed E-state index contributed by atoms with van der Waals surface area (Å²) in [5.41, 5.74) is 2.83. The van der Waals surface area contributed by atoms with E-state index < -0.39 is 0 Å². The fourth-order valence-corrected chi connectivity index (χ4v) is 3.11. The molecule has 2 heterocycles. The molecule has 18 heavy (non-hydrogen) atoms.